The molecule has 3 aliphatic heterocycles. The molecular formula is C38H50ClN3O4S. The van der Waals surface area contributed by atoms with Gasteiger partial charge in [0.25, 0.3) is 5.91 Å². The number of ether oxygens (including phenoxy) is 2. The minimum absolute atomic E-state index is 0.164. The summed E-state index contributed by atoms with van der Waals surface area (Å²) in [5, 5.41) is 0.619. The van der Waals surface area contributed by atoms with Crippen LogP contribution in [0.3, 0.4) is 0 Å². The largest absolute Gasteiger partial charge is 0.490 e. The number of rotatable bonds is 3. The third kappa shape index (κ3) is 7.03. The third-order valence-electron chi connectivity index (χ3n) is 11.9. The molecule has 254 valence electrons. The molecule has 7 atom stereocenters. The van der Waals surface area contributed by atoms with Gasteiger partial charge in [-0.1, -0.05) is 36.7 Å². The van der Waals surface area contributed by atoms with Crippen molar-refractivity contribution in [1.29, 1.82) is 0 Å². The van der Waals surface area contributed by atoms with Gasteiger partial charge >= 0.3 is 0 Å². The fraction of sp³-hybridized carbons (Fsp3) is 0.605. The van der Waals surface area contributed by atoms with E-state index in [1.165, 1.54) is 24.0 Å². The Balaban J connectivity index is 1.24. The van der Waals surface area contributed by atoms with Crippen molar-refractivity contribution in [2.24, 2.45) is 23.7 Å². The highest BCUT2D eigenvalue weighted by molar-refractivity contribution is 7.84. The Morgan fingerprint density at radius 2 is 1.96 bits per heavy atom. The van der Waals surface area contributed by atoms with Gasteiger partial charge in [-0.15, -0.1) is 0 Å². The molecule has 0 aromatic heterocycles. The fourth-order valence-corrected chi connectivity index (χ4v) is 9.86. The molecule has 2 bridgehead atoms. The SMILES string of the molecule is CC1C/C=C/C(CCN2CCOCC2)C2CCC2CN2C[C@@]3(CCCc4cc(Cl)ccc43)COc3ccc(cc32)C(=O)NS(=O)C1C. The summed E-state index contributed by atoms with van der Waals surface area (Å²) in [6.07, 6.45) is 12.4. The normalized spacial score (nSPS) is 33.9. The number of nitrogens with one attached hydrogen (secondary N) is 1. The Morgan fingerprint density at radius 3 is 2.77 bits per heavy atom. The summed E-state index contributed by atoms with van der Waals surface area (Å²) in [4.78, 5) is 18.6. The zero-order valence-corrected chi connectivity index (χ0v) is 29.5. The van der Waals surface area contributed by atoms with Gasteiger partial charge in [-0.05, 0) is 124 Å². The van der Waals surface area contributed by atoms with Crippen molar-refractivity contribution in [1.82, 2.24) is 9.62 Å². The van der Waals surface area contributed by atoms with Gasteiger partial charge in [-0.3, -0.25) is 14.4 Å². The standard InChI is InChI=1S/C38H50ClN3O4S/c1-26-5-3-6-28(14-16-41-17-19-45-20-18-41)33-11-8-31(33)23-42-24-38(15-4-7-29-21-32(39)10-12-34(29)38)25-46-36-13-9-30(22-35(36)42)37(43)40-47(44)27(26)2/h3,6,9-10,12-13,21-22,26-28,31,33H,4-5,7-8,11,14-20,23-25H2,1-2H3,(H,40,43)/b6-3+/t26?,27?,28?,31?,33?,38-,47?/m0/s1. The van der Waals surface area contributed by atoms with Crippen LogP contribution in [0.1, 0.15) is 73.9 Å². The van der Waals surface area contributed by atoms with Crippen molar-refractivity contribution in [2.45, 2.75) is 69.5 Å². The van der Waals surface area contributed by atoms with E-state index in [0.29, 0.717) is 29.9 Å². The molecule has 3 heterocycles. The van der Waals surface area contributed by atoms with Crippen LogP contribution in [0.25, 0.3) is 0 Å². The number of morpholine rings is 1. The molecule has 1 saturated carbocycles. The number of hydrogen-bond acceptors (Lipinski definition) is 6. The number of fused-ring (bicyclic) bond motifs is 4. The molecule has 1 saturated heterocycles. The van der Waals surface area contributed by atoms with Crippen LogP contribution in [0.4, 0.5) is 5.69 Å². The van der Waals surface area contributed by atoms with Gasteiger partial charge in [0.1, 0.15) is 16.7 Å². The smallest absolute Gasteiger partial charge is 0.263 e. The number of nitrogens with zero attached hydrogens (tertiary/aromatic N) is 2. The van der Waals surface area contributed by atoms with Crippen LogP contribution in [-0.4, -0.2) is 72.8 Å². The Hall–Kier alpha value is -2.39. The van der Waals surface area contributed by atoms with Crippen LogP contribution in [0.2, 0.25) is 5.02 Å². The van der Waals surface area contributed by atoms with Crippen molar-refractivity contribution in [2.75, 3.05) is 57.4 Å². The van der Waals surface area contributed by atoms with E-state index in [1.807, 2.05) is 31.2 Å². The van der Waals surface area contributed by atoms with Crippen molar-refractivity contribution in [3.8, 4) is 5.75 Å². The quantitative estimate of drug-likeness (QED) is 0.371. The number of aryl methyl sites for hydroxylation is 1. The lowest BCUT2D eigenvalue weighted by molar-refractivity contribution is 0.0315. The first kappa shape index (κ1) is 33.1. The number of allylic oxidation sites excluding steroid dienone is 2. The number of hydrogen-bond donors (Lipinski definition) is 1. The first-order valence-corrected chi connectivity index (χ1v) is 19.4. The van der Waals surface area contributed by atoms with E-state index in [-0.39, 0.29) is 22.5 Å². The topological polar surface area (TPSA) is 71.1 Å². The average Bonchev–Trinajstić information content (AvgIpc) is 3.21. The average molecular weight is 680 g/mol. The second kappa shape index (κ2) is 14.2. The van der Waals surface area contributed by atoms with E-state index in [9.17, 15) is 9.00 Å². The molecule has 7 rings (SSSR count). The maximum atomic E-state index is 13.5. The van der Waals surface area contributed by atoms with Crippen molar-refractivity contribution < 1.29 is 18.5 Å². The van der Waals surface area contributed by atoms with E-state index in [0.717, 1.165) is 94.5 Å². The summed E-state index contributed by atoms with van der Waals surface area (Å²) in [5.41, 5.74) is 4.01. The highest BCUT2D eigenvalue weighted by Gasteiger charge is 2.44. The summed E-state index contributed by atoms with van der Waals surface area (Å²) in [5.74, 6) is 2.36. The summed E-state index contributed by atoms with van der Waals surface area (Å²) < 4.78 is 28.5. The molecule has 6 unspecified atom stereocenters. The monoisotopic (exact) mass is 679 g/mol. The van der Waals surface area contributed by atoms with E-state index in [4.69, 9.17) is 21.1 Å². The van der Waals surface area contributed by atoms with Crippen LogP contribution in [0.15, 0.2) is 48.6 Å². The molecule has 9 heteroatoms. The third-order valence-corrected chi connectivity index (χ3v) is 13.6. The Morgan fingerprint density at radius 1 is 1.11 bits per heavy atom. The van der Waals surface area contributed by atoms with Crippen LogP contribution in [-0.2, 0) is 27.6 Å². The van der Waals surface area contributed by atoms with Crippen molar-refractivity contribution >= 4 is 34.2 Å². The lowest BCUT2D eigenvalue weighted by Gasteiger charge is -2.46. The first-order valence-electron chi connectivity index (χ1n) is 17.8. The maximum absolute atomic E-state index is 13.5. The molecule has 2 aromatic carbocycles. The molecule has 1 amide bonds. The number of anilines is 1. The van der Waals surface area contributed by atoms with E-state index in [1.54, 1.807) is 0 Å². The van der Waals surface area contributed by atoms with E-state index >= 15 is 0 Å². The summed E-state index contributed by atoms with van der Waals surface area (Å²) in [6.45, 7) is 11.2. The lowest BCUT2D eigenvalue weighted by atomic mass is 9.65. The molecule has 1 N–H and O–H groups in total. The molecule has 2 aliphatic carbocycles. The second-order valence-corrected chi connectivity index (χ2v) is 16.7. The molecule has 2 aromatic rings. The van der Waals surface area contributed by atoms with Gasteiger partial charge in [0.15, 0.2) is 0 Å². The fourth-order valence-electron chi connectivity index (χ4n) is 8.65. The molecule has 47 heavy (non-hydrogen) atoms. The first-order chi connectivity index (χ1) is 22.8. The Bertz CT molecular complexity index is 1510. The van der Waals surface area contributed by atoms with Gasteiger partial charge in [-0.2, -0.15) is 0 Å². The number of benzene rings is 2. The van der Waals surface area contributed by atoms with Gasteiger partial charge in [0.2, 0.25) is 0 Å². The number of amides is 1. The lowest BCUT2D eigenvalue weighted by Crippen LogP contribution is -2.49. The van der Waals surface area contributed by atoms with Crippen LogP contribution < -0.4 is 14.4 Å². The number of carbonyl (C=O) groups excluding carboxylic acids is 1. The number of halogens is 1. The predicted octanol–water partition coefficient (Wildman–Crippen LogP) is 6.56. The number of carbonyl (C=O) groups is 1. The highest BCUT2D eigenvalue weighted by Crippen LogP contribution is 2.48. The predicted molar refractivity (Wildman–Crippen MR) is 190 cm³/mol. The maximum Gasteiger partial charge on any atom is 0.263 e. The molecule has 2 fully saturated rings. The van der Waals surface area contributed by atoms with Crippen LogP contribution in [0, 0.1) is 23.7 Å². The molecule has 5 aliphatic rings. The van der Waals surface area contributed by atoms with Crippen molar-refractivity contribution in [3.63, 3.8) is 0 Å². The van der Waals surface area contributed by atoms with Gasteiger partial charge in [0.05, 0.1) is 30.8 Å². The highest BCUT2D eigenvalue weighted by atomic mass is 35.5. The van der Waals surface area contributed by atoms with Gasteiger partial charge in [0, 0.05) is 42.2 Å². The molecule has 1 spiro atoms. The molecular weight excluding hydrogens is 630 g/mol. The molecule has 0 radical (unpaired) electrons. The zero-order valence-electron chi connectivity index (χ0n) is 27.9. The minimum Gasteiger partial charge on any atom is -0.490 e. The molecule has 7 nitrogen and oxygen atoms in total. The zero-order chi connectivity index (χ0) is 32.5. The van der Waals surface area contributed by atoms with Gasteiger partial charge in [-0.25, -0.2) is 4.21 Å². The minimum atomic E-state index is -1.49. The van der Waals surface area contributed by atoms with Crippen molar-refractivity contribution in [3.05, 3.63) is 70.3 Å². The summed E-state index contributed by atoms with van der Waals surface area (Å²) in [6, 6.07) is 12.1. The van der Waals surface area contributed by atoms with E-state index < -0.39 is 11.0 Å². The second-order valence-electron chi connectivity index (χ2n) is 14.8. The van der Waals surface area contributed by atoms with Crippen LogP contribution >= 0.6 is 11.6 Å². The Labute approximate surface area is 288 Å². The summed E-state index contributed by atoms with van der Waals surface area (Å²) >= 11 is 6.48. The Kier molecular flexibility index (Phi) is 10.0. The van der Waals surface area contributed by atoms with E-state index in [2.05, 4.69) is 45.7 Å². The van der Waals surface area contributed by atoms with Gasteiger partial charge < -0.3 is 14.4 Å². The summed E-state index contributed by atoms with van der Waals surface area (Å²) in [7, 11) is -1.49. The van der Waals surface area contributed by atoms with Crippen LogP contribution in [0.5, 0.6) is 5.75 Å².